The number of carbonyl (C=O) groups is 1. The number of hydrogen-bond acceptors (Lipinski definition) is 3. The molecule has 1 aromatic heterocycles. The number of rotatable bonds is 4. The monoisotopic (exact) mass is 327 g/mol. The number of nitrogens with one attached hydrogen (secondary N) is 1. The zero-order valence-electron chi connectivity index (χ0n) is 12.7. The predicted octanol–water partition coefficient (Wildman–Crippen LogP) is 3.46. The number of halogens is 1. The van der Waals surface area contributed by atoms with E-state index >= 15 is 0 Å². The van der Waals surface area contributed by atoms with Crippen LogP contribution in [0, 0.1) is 0 Å². The molecule has 2 aromatic rings. The van der Waals surface area contributed by atoms with Crippen molar-refractivity contribution < 1.29 is 4.79 Å². The molecule has 1 aliphatic heterocycles. The molecule has 4 nitrogen and oxygen atoms in total. The zero-order chi connectivity index (χ0) is 16.1. The highest BCUT2D eigenvalue weighted by Gasteiger charge is 2.16. The first-order valence-corrected chi connectivity index (χ1v) is 7.97. The molecule has 5 heteroatoms. The van der Waals surface area contributed by atoms with Crippen molar-refractivity contribution >= 4 is 28.8 Å². The molecule has 0 spiro atoms. The lowest BCUT2D eigenvalue weighted by atomic mass is 10.0. The molecule has 0 aliphatic carbocycles. The van der Waals surface area contributed by atoms with Crippen LogP contribution in [-0.2, 0) is 4.79 Å². The summed E-state index contributed by atoms with van der Waals surface area (Å²) in [6, 6.07) is 13.1. The fourth-order valence-corrected chi connectivity index (χ4v) is 2.80. The molecule has 1 aliphatic rings. The van der Waals surface area contributed by atoms with E-state index in [-0.39, 0.29) is 5.91 Å². The van der Waals surface area contributed by atoms with E-state index in [0.717, 1.165) is 30.9 Å². The molecule has 0 unspecified atom stereocenters. The van der Waals surface area contributed by atoms with Gasteiger partial charge in [-0.15, -0.1) is 0 Å². The lowest BCUT2D eigenvalue weighted by Gasteiger charge is -2.25. The van der Waals surface area contributed by atoms with Crippen molar-refractivity contribution in [1.29, 1.82) is 0 Å². The van der Waals surface area contributed by atoms with Crippen molar-refractivity contribution in [3.8, 4) is 0 Å². The second-order valence-corrected chi connectivity index (χ2v) is 5.92. The fourth-order valence-electron chi connectivity index (χ4n) is 2.61. The number of pyridine rings is 1. The minimum atomic E-state index is -0.0260. The Morgan fingerprint density at radius 1 is 1.26 bits per heavy atom. The molecule has 1 N–H and O–H groups in total. The Kier molecular flexibility index (Phi) is 5.05. The van der Waals surface area contributed by atoms with Crippen LogP contribution in [0.15, 0.2) is 54.7 Å². The molecule has 0 saturated carbocycles. The number of benzene rings is 1. The topological polar surface area (TPSA) is 45.2 Å². The third kappa shape index (κ3) is 4.41. The lowest BCUT2D eigenvalue weighted by molar-refractivity contribution is -0.117. The van der Waals surface area contributed by atoms with Crippen LogP contribution in [-0.4, -0.2) is 35.4 Å². The van der Waals surface area contributed by atoms with E-state index in [1.807, 2.05) is 30.3 Å². The number of hydrogen-bond donors (Lipinski definition) is 1. The van der Waals surface area contributed by atoms with Crippen molar-refractivity contribution in [3.05, 3.63) is 65.5 Å². The fraction of sp³-hybridized carbons (Fsp3) is 0.222. The molecule has 2 heterocycles. The summed E-state index contributed by atoms with van der Waals surface area (Å²) >= 11 is 5.92. The highest BCUT2D eigenvalue weighted by atomic mass is 35.5. The van der Waals surface area contributed by atoms with E-state index in [4.69, 9.17) is 11.6 Å². The first-order chi connectivity index (χ1) is 11.2. The van der Waals surface area contributed by atoms with Crippen molar-refractivity contribution in [3.63, 3.8) is 0 Å². The van der Waals surface area contributed by atoms with E-state index < -0.39 is 0 Å². The van der Waals surface area contributed by atoms with Crippen molar-refractivity contribution in [2.24, 2.45) is 0 Å². The standard InChI is InChI=1S/C18H18ClN3O/c19-15-4-3-5-16(12-15)21-18(23)13-22-10-7-14(8-11-22)17-6-1-2-9-20-17/h1-7,9,12H,8,10-11,13H2,(H,21,23). The molecule has 3 rings (SSSR count). The van der Waals surface area contributed by atoms with Crippen molar-refractivity contribution in [1.82, 2.24) is 9.88 Å². The van der Waals surface area contributed by atoms with Gasteiger partial charge in [-0.1, -0.05) is 29.8 Å². The summed E-state index contributed by atoms with van der Waals surface area (Å²) in [4.78, 5) is 18.6. The number of anilines is 1. The van der Waals surface area contributed by atoms with Crippen LogP contribution < -0.4 is 5.32 Å². The van der Waals surface area contributed by atoms with Crippen LogP contribution >= 0.6 is 11.6 Å². The van der Waals surface area contributed by atoms with E-state index in [9.17, 15) is 4.79 Å². The minimum absolute atomic E-state index is 0.0260. The highest BCUT2D eigenvalue weighted by Crippen LogP contribution is 2.20. The van der Waals surface area contributed by atoms with Gasteiger partial charge in [-0.05, 0) is 42.3 Å². The highest BCUT2D eigenvalue weighted by molar-refractivity contribution is 6.30. The van der Waals surface area contributed by atoms with Crippen molar-refractivity contribution in [2.45, 2.75) is 6.42 Å². The molecule has 23 heavy (non-hydrogen) atoms. The van der Waals surface area contributed by atoms with Crippen LogP contribution in [0.3, 0.4) is 0 Å². The van der Waals surface area contributed by atoms with Crippen molar-refractivity contribution in [2.75, 3.05) is 25.0 Å². The maximum absolute atomic E-state index is 12.1. The summed E-state index contributed by atoms with van der Waals surface area (Å²) in [5.41, 5.74) is 3.00. The second-order valence-electron chi connectivity index (χ2n) is 5.49. The molecule has 0 saturated heterocycles. The quantitative estimate of drug-likeness (QED) is 0.935. The third-order valence-corrected chi connectivity index (χ3v) is 4.00. The largest absolute Gasteiger partial charge is 0.325 e. The first kappa shape index (κ1) is 15.7. The van der Waals surface area contributed by atoms with Crippen LogP contribution in [0.2, 0.25) is 5.02 Å². The van der Waals surface area contributed by atoms with Gasteiger partial charge in [0, 0.05) is 30.0 Å². The van der Waals surface area contributed by atoms with Crippen LogP contribution in [0.1, 0.15) is 12.1 Å². The average molecular weight is 328 g/mol. The summed E-state index contributed by atoms with van der Waals surface area (Å²) in [5.74, 6) is -0.0260. The molecule has 1 amide bonds. The lowest BCUT2D eigenvalue weighted by Crippen LogP contribution is -2.36. The van der Waals surface area contributed by atoms with Crippen LogP contribution in [0.25, 0.3) is 5.57 Å². The third-order valence-electron chi connectivity index (χ3n) is 3.76. The maximum atomic E-state index is 12.1. The molecule has 0 atom stereocenters. The van der Waals surface area contributed by atoms with E-state index in [0.29, 0.717) is 11.6 Å². The molecule has 0 fully saturated rings. The van der Waals surface area contributed by atoms with Gasteiger partial charge in [-0.25, -0.2) is 0 Å². The SMILES string of the molecule is O=C(CN1CC=C(c2ccccn2)CC1)Nc1cccc(Cl)c1. The summed E-state index contributed by atoms with van der Waals surface area (Å²) < 4.78 is 0. The summed E-state index contributed by atoms with van der Waals surface area (Å²) in [6.07, 6.45) is 4.86. The number of aromatic nitrogens is 1. The summed E-state index contributed by atoms with van der Waals surface area (Å²) in [7, 11) is 0. The van der Waals surface area contributed by atoms with Gasteiger partial charge >= 0.3 is 0 Å². The first-order valence-electron chi connectivity index (χ1n) is 7.59. The van der Waals surface area contributed by atoms with Gasteiger partial charge < -0.3 is 5.32 Å². The van der Waals surface area contributed by atoms with Gasteiger partial charge in [-0.2, -0.15) is 0 Å². The Morgan fingerprint density at radius 3 is 2.87 bits per heavy atom. The molecular formula is C18H18ClN3O. The number of nitrogens with zero attached hydrogens (tertiary/aromatic N) is 2. The Hall–Kier alpha value is -2.17. The van der Waals surface area contributed by atoms with Gasteiger partial charge in [0.05, 0.1) is 12.2 Å². The number of amides is 1. The van der Waals surface area contributed by atoms with Gasteiger partial charge in [0.25, 0.3) is 0 Å². The Morgan fingerprint density at radius 2 is 2.17 bits per heavy atom. The molecule has 0 bridgehead atoms. The van der Waals surface area contributed by atoms with Crippen LogP contribution in [0.5, 0.6) is 0 Å². The molecule has 118 valence electrons. The second kappa shape index (κ2) is 7.40. The summed E-state index contributed by atoms with van der Waals surface area (Å²) in [5, 5.41) is 3.49. The van der Waals surface area contributed by atoms with Gasteiger partial charge in [0.1, 0.15) is 0 Å². The Balaban J connectivity index is 1.54. The Labute approximate surface area is 140 Å². The zero-order valence-corrected chi connectivity index (χ0v) is 13.5. The summed E-state index contributed by atoms with van der Waals surface area (Å²) in [6.45, 7) is 1.98. The average Bonchev–Trinajstić information content (AvgIpc) is 2.56. The van der Waals surface area contributed by atoms with E-state index in [2.05, 4.69) is 21.3 Å². The van der Waals surface area contributed by atoms with E-state index in [1.165, 1.54) is 5.57 Å². The van der Waals surface area contributed by atoms with Gasteiger partial charge in [0.2, 0.25) is 5.91 Å². The predicted molar refractivity (Wildman–Crippen MR) is 93.4 cm³/mol. The smallest absolute Gasteiger partial charge is 0.238 e. The molecular weight excluding hydrogens is 310 g/mol. The normalized spacial score (nSPS) is 15.1. The number of carbonyl (C=O) groups excluding carboxylic acids is 1. The van der Waals surface area contributed by atoms with Gasteiger partial charge in [0.15, 0.2) is 0 Å². The molecule has 0 radical (unpaired) electrons. The van der Waals surface area contributed by atoms with Gasteiger partial charge in [-0.3, -0.25) is 14.7 Å². The molecule has 1 aromatic carbocycles. The minimum Gasteiger partial charge on any atom is -0.325 e. The maximum Gasteiger partial charge on any atom is 0.238 e. The van der Waals surface area contributed by atoms with E-state index in [1.54, 1.807) is 18.3 Å². The van der Waals surface area contributed by atoms with Crippen LogP contribution in [0.4, 0.5) is 5.69 Å². The Bertz CT molecular complexity index is 715.